The van der Waals surface area contributed by atoms with Gasteiger partial charge in [-0.2, -0.15) is 0 Å². The lowest BCUT2D eigenvalue weighted by Crippen LogP contribution is -2.38. The van der Waals surface area contributed by atoms with Crippen molar-refractivity contribution < 1.29 is 22.3 Å². The number of sulfonamides is 1. The van der Waals surface area contributed by atoms with Crippen molar-refractivity contribution in [2.24, 2.45) is 0 Å². The Morgan fingerprint density at radius 2 is 2.00 bits per heavy atom. The summed E-state index contributed by atoms with van der Waals surface area (Å²) in [6.07, 6.45) is 0. The molecule has 0 fully saturated rings. The summed E-state index contributed by atoms with van der Waals surface area (Å²) in [5.74, 6) is -1.58. The van der Waals surface area contributed by atoms with E-state index in [-0.39, 0.29) is 29.7 Å². The SMILES string of the molecule is CCN[C@H](C)CNS(=O)(=O)c1cc(F)cc(C(=O)OCC)c1. The van der Waals surface area contributed by atoms with Crippen LogP contribution in [0, 0.1) is 5.82 Å². The predicted octanol–water partition coefficient (Wildman–Crippen LogP) is 1.28. The van der Waals surface area contributed by atoms with E-state index in [4.69, 9.17) is 4.74 Å². The first kappa shape index (κ1) is 18.5. The maximum absolute atomic E-state index is 13.6. The van der Waals surface area contributed by atoms with Crippen molar-refractivity contribution in [1.82, 2.24) is 10.0 Å². The first-order chi connectivity index (χ1) is 10.3. The van der Waals surface area contributed by atoms with Crippen LogP contribution >= 0.6 is 0 Å². The van der Waals surface area contributed by atoms with Crippen LogP contribution in [-0.2, 0) is 14.8 Å². The molecule has 124 valence electrons. The minimum absolute atomic E-state index is 0.0714. The quantitative estimate of drug-likeness (QED) is 0.701. The average Bonchev–Trinajstić information content (AvgIpc) is 2.45. The van der Waals surface area contributed by atoms with Crippen LogP contribution in [0.5, 0.6) is 0 Å². The molecule has 8 heteroatoms. The highest BCUT2D eigenvalue weighted by Gasteiger charge is 2.19. The van der Waals surface area contributed by atoms with Crippen molar-refractivity contribution in [3.05, 3.63) is 29.6 Å². The monoisotopic (exact) mass is 332 g/mol. The molecule has 1 aromatic rings. The maximum Gasteiger partial charge on any atom is 0.338 e. The third-order valence-electron chi connectivity index (χ3n) is 2.82. The molecule has 0 unspecified atom stereocenters. The summed E-state index contributed by atoms with van der Waals surface area (Å²) in [4.78, 5) is 11.3. The van der Waals surface area contributed by atoms with E-state index in [1.165, 1.54) is 0 Å². The molecule has 0 heterocycles. The lowest BCUT2D eigenvalue weighted by Gasteiger charge is -2.14. The molecule has 0 saturated carbocycles. The molecule has 22 heavy (non-hydrogen) atoms. The van der Waals surface area contributed by atoms with E-state index in [0.717, 1.165) is 18.2 Å². The smallest absolute Gasteiger partial charge is 0.338 e. The molecule has 0 amide bonds. The lowest BCUT2D eigenvalue weighted by molar-refractivity contribution is 0.0525. The van der Waals surface area contributed by atoms with E-state index in [9.17, 15) is 17.6 Å². The van der Waals surface area contributed by atoms with Gasteiger partial charge in [0.15, 0.2) is 0 Å². The van der Waals surface area contributed by atoms with Crippen molar-refractivity contribution in [1.29, 1.82) is 0 Å². The highest BCUT2D eigenvalue weighted by molar-refractivity contribution is 7.89. The summed E-state index contributed by atoms with van der Waals surface area (Å²) in [5, 5.41) is 3.05. The Hall–Kier alpha value is -1.51. The highest BCUT2D eigenvalue weighted by atomic mass is 32.2. The fourth-order valence-corrected chi connectivity index (χ4v) is 2.97. The molecule has 2 N–H and O–H groups in total. The number of carbonyl (C=O) groups is 1. The van der Waals surface area contributed by atoms with Gasteiger partial charge in [0.05, 0.1) is 17.1 Å². The number of hydrogen-bond donors (Lipinski definition) is 2. The third kappa shape index (κ3) is 5.36. The van der Waals surface area contributed by atoms with E-state index in [0.29, 0.717) is 6.54 Å². The Kier molecular flexibility index (Phi) is 6.92. The summed E-state index contributed by atoms with van der Waals surface area (Å²) in [7, 11) is -3.90. The first-order valence-electron chi connectivity index (χ1n) is 7.01. The Labute approximate surface area is 130 Å². The number of esters is 1. The molecule has 1 atom stereocenters. The minimum Gasteiger partial charge on any atom is -0.462 e. The Balaban J connectivity index is 2.97. The summed E-state index contributed by atoms with van der Waals surface area (Å²) >= 11 is 0. The van der Waals surface area contributed by atoms with Crippen molar-refractivity contribution in [2.75, 3.05) is 19.7 Å². The van der Waals surface area contributed by atoms with Gasteiger partial charge in [-0.25, -0.2) is 22.3 Å². The van der Waals surface area contributed by atoms with Crippen LogP contribution in [0.4, 0.5) is 4.39 Å². The van der Waals surface area contributed by atoms with Gasteiger partial charge in [-0.05, 0) is 38.6 Å². The Morgan fingerprint density at radius 1 is 1.32 bits per heavy atom. The van der Waals surface area contributed by atoms with Gasteiger partial charge >= 0.3 is 5.97 Å². The zero-order chi connectivity index (χ0) is 16.8. The van der Waals surface area contributed by atoms with Crippen LogP contribution < -0.4 is 10.0 Å². The molecule has 0 saturated heterocycles. The fourth-order valence-electron chi connectivity index (χ4n) is 1.79. The molecular formula is C14H21FN2O4S. The van der Waals surface area contributed by atoms with Crippen LogP contribution in [0.25, 0.3) is 0 Å². The molecule has 1 aromatic carbocycles. The molecule has 1 rings (SSSR count). The molecule has 0 spiro atoms. The third-order valence-corrected chi connectivity index (χ3v) is 4.23. The fraction of sp³-hybridized carbons (Fsp3) is 0.500. The van der Waals surface area contributed by atoms with Gasteiger partial charge in [-0.15, -0.1) is 0 Å². The number of hydrogen-bond acceptors (Lipinski definition) is 5. The molecule has 6 nitrogen and oxygen atoms in total. The summed E-state index contributed by atoms with van der Waals surface area (Å²) in [6.45, 7) is 6.32. The van der Waals surface area contributed by atoms with Crippen LogP contribution in [0.1, 0.15) is 31.1 Å². The van der Waals surface area contributed by atoms with Crippen molar-refractivity contribution >= 4 is 16.0 Å². The first-order valence-corrected chi connectivity index (χ1v) is 8.49. The van der Waals surface area contributed by atoms with E-state index in [1.54, 1.807) is 6.92 Å². The van der Waals surface area contributed by atoms with Crippen molar-refractivity contribution in [2.45, 2.75) is 31.7 Å². The standard InChI is InChI=1S/C14H21FN2O4S/c1-4-16-10(3)9-17-22(19,20)13-7-11(6-12(15)8-13)14(18)21-5-2/h6-8,10,16-17H,4-5,9H2,1-3H3/t10-/m1/s1. The van der Waals surface area contributed by atoms with Crippen LogP contribution in [-0.4, -0.2) is 40.1 Å². The van der Waals surface area contributed by atoms with Gasteiger partial charge in [-0.3, -0.25) is 0 Å². The molecule has 0 aromatic heterocycles. The minimum atomic E-state index is -3.90. The lowest BCUT2D eigenvalue weighted by atomic mass is 10.2. The second kappa shape index (κ2) is 8.21. The zero-order valence-corrected chi connectivity index (χ0v) is 13.7. The van der Waals surface area contributed by atoms with Crippen LogP contribution in [0.15, 0.2) is 23.1 Å². The Morgan fingerprint density at radius 3 is 2.59 bits per heavy atom. The van der Waals surface area contributed by atoms with Gasteiger partial charge in [-0.1, -0.05) is 6.92 Å². The topological polar surface area (TPSA) is 84.5 Å². The summed E-state index contributed by atoms with van der Waals surface area (Å²) in [6, 6.07) is 2.83. The number of benzene rings is 1. The molecule has 0 aliphatic carbocycles. The van der Waals surface area contributed by atoms with Crippen molar-refractivity contribution in [3.63, 3.8) is 0 Å². The van der Waals surface area contributed by atoms with E-state index >= 15 is 0 Å². The van der Waals surface area contributed by atoms with Crippen LogP contribution in [0.2, 0.25) is 0 Å². The average molecular weight is 332 g/mol. The number of likely N-dealkylation sites (N-methyl/N-ethyl adjacent to an activating group) is 1. The second-order valence-corrected chi connectivity index (χ2v) is 6.47. The van der Waals surface area contributed by atoms with E-state index in [2.05, 4.69) is 10.0 Å². The maximum atomic E-state index is 13.6. The second-order valence-electron chi connectivity index (χ2n) is 4.71. The Bertz CT molecular complexity index is 619. The molecule has 0 aliphatic heterocycles. The van der Waals surface area contributed by atoms with Gasteiger partial charge in [0.2, 0.25) is 10.0 Å². The molecular weight excluding hydrogens is 311 g/mol. The zero-order valence-electron chi connectivity index (χ0n) is 12.8. The normalized spacial score (nSPS) is 12.9. The van der Waals surface area contributed by atoms with E-state index in [1.807, 2.05) is 13.8 Å². The number of carbonyl (C=O) groups excluding carboxylic acids is 1. The van der Waals surface area contributed by atoms with Gasteiger partial charge in [0, 0.05) is 12.6 Å². The number of halogens is 1. The molecule has 0 radical (unpaired) electrons. The van der Waals surface area contributed by atoms with E-state index < -0.39 is 21.8 Å². The summed E-state index contributed by atoms with van der Waals surface area (Å²) in [5.41, 5.74) is -0.137. The number of nitrogens with one attached hydrogen (secondary N) is 2. The highest BCUT2D eigenvalue weighted by Crippen LogP contribution is 2.15. The molecule has 0 aliphatic rings. The van der Waals surface area contributed by atoms with Crippen LogP contribution in [0.3, 0.4) is 0 Å². The predicted molar refractivity (Wildman–Crippen MR) is 80.7 cm³/mol. The van der Waals surface area contributed by atoms with Gasteiger partial charge in [0.25, 0.3) is 0 Å². The van der Waals surface area contributed by atoms with Gasteiger partial charge < -0.3 is 10.1 Å². The largest absolute Gasteiger partial charge is 0.462 e. The number of rotatable bonds is 8. The number of ether oxygens (including phenoxy) is 1. The van der Waals surface area contributed by atoms with Gasteiger partial charge in [0.1, 0.15) is 5.82 Å². The summed E-state index contributed by atoms with van der Waals surface area (Å²) < 4.78 is 45.0. The molecule has 0 bridgehead atoms. The van der Waals surface area contributed by atoms with Crippen molar-refractivity contribution in [3.8, 4) is 0 Å².